The predicted molar refractivity (Wildman–Crippen MR) is 50.1 cm³/mol. The van der Waals surface area contributed by atoms with Crippen molar-refractivity contribution in [3.8, 4) is 0 Å². The molecule has 1 fully saturated rings. The molecular weight excluding hydrogens is 168 g/mol. The van der Waals surface area contributed by atoms with E-state index in [1.165, 1.54) is 0 Å². The summed E-state index contributed by atoms with van der Waals surface area (Å²) in [4.78, 5) is 0. The van der Waals surface area contributed by atoms with Crippen LogP contribution in [0.15, 0.2) is 0 Å². The van der Waals surface area contributed by atoms with Crippen molar-refractivity contribution in [2.45, 2.75) is 45.5 Å². The van der Waals surface area contributed by atoms with Crippen molar-refractivity contribution in [3.05, 3.63) is 0 Å². The quantitative estimate of drug-likeness (QED) is 0.683. The molecule has 0 bridgehead atoms. The highest BCUT2D eigenvalue weighted by Crippen LogP contribution is 2.37. The Labute approximate surface area is 79.7 Å². The first-order chi connectivity index (χ1) is 6.03. The zero-order valence-electron chi connectivity index (χ0n) is 8.66. The first-order valence-electron chi connectivity index (χ1n) is 5.04. The van der Waals surface area contributed by atoms with Gasteiger partial charge in [-0.15, -0.1) is 0 Å². The van der Waals surface area contributed by atoms with Gasteiger partial charge in [-0.1, -0.05) is 20.8 Å². The van der Waals surface area contributed by atoms with Crippen LogP contribution in [-0.2, 0) is 4.74 Å². The number of rotatable bonds is 2. The van der Waals surface area contributed by atoms with Gasteiger partial charge in [0.05, 0.1) is 12.7 Å². The summed E-state index contributed by atoms with van der Waals surface area (Å²) in [5.74, 6) is -0.554. The third-order valence-electron chi connectivity index (χ3n) is 3.17. The molecule has 0 aliphatic carbocycles. The van der Waals surface area contributed by atoms with E-state index in [9.17, 15) is 5.11 Å². The minimum absolute atomic E-state index is 0.00377. The van der Waals surface area contributed by atoms with E-state index in [1.54, 1.807) is 0 Å². The van der Waals surface area contributed by atoms with Gasteiger partial charge in [0, 0.05) is 5.92 Å². The fourth-order valence-corrected chi connectivity index (χ4v) is 2.04. The van der Waals surface area contributed by atoms with Crippen molar-refractivity contribution in [2.24, 2.45) is 11.8 Å². The lowest BCUT2D eigenvalue weighted by Gasteiger charge is -2.44. The Hall–Kier alpha value is -0.120. The van der Waals surface area contributed by atoms with Gasteiger partial charge in [-0.05, 0) is 18.8 Å². The van der Waals surface area contributed by atoms with Gasteiger partial charge in [0.1, 0.15) is 0 Å². The number of aliphatic hydroxyl groups excluding tert-OH is 1. The summed E-state index contributed by atoms with van der Waals surface area (Å²) in [5.41, 5.74) is 0. The Kier molecular flexibility index (Phi) is 3.33. The van der Waals surface area contributed by atoms with E-state index < -0.39 is 5.79 Å². The van der Waals surface area contributed by atoms with Gasteiger partial charge in [-0.2, -0.15) is 0 Å². The number of hydrogen-bond acceptors (Lipinski definition) is 3. The van der Waals surface area contributed by atoms with Crippen LogP contribution >= 0.6 is 0 Å². The molecule has 13 heavy (non-hydrogen) atoms. The van der Waals surface area contributed by atoms with Crippen LogP contribution in [-0.4, -0.2) is 28.7 Å². The lowest BCUT2D eigenvalue weighted by Crippen LogP contribution is -2.50. The van der Waals surface area contributed by atoms with E-state index in [4.69, 9.17) is 9.84 Å². The van der Waals surface area contributed by atoms with E-state index in [2.05, 4.69) is 0 Å². The van der Waals surface area contributed by atoms with Gasteiger partial charge in [-0.25, -0.2) is 0 Å². The summed E-state index contributed by atoms with van der Waals surface area (Å²) in [7, 11) is 0. The molecule has 0 aromatic carbocycles. The van der Waals surface area contributed by atoms with Gasteiger partial charge in [0.2, 0.25) is 0 Å². The molecule has 4 unspecified atom stereocenters. The molecule has 1 aliphatic rings. The highest BCUT2D eigenvalue weighted by molar-refractivity contribution is 4.84. The second-order valence-corrected chi connectivity index (χ2v) is 4.15. The average molecular weight is 188 g/mol. The van der Waals surface area contributed by atoms with Crippen LogP contribution in [0.2, 0.25) is 0 Å². The molecule has 1 heterocycles. The molecule has 0 aromatic heterocycles. The van der Waals surface area contributed by atoms with Gasteiger partial charge < -0.3 is 14.9 Å². The molecule has 78 valence electrons. The van der Waals surface area contributed by atoms with Crippen LogP contribution in [0.5, 0.6) is 0 Å². The molecule has 0 saturated carbocycles. The number of hydrogen-bond donors (Lipinski definition) is 2. The van der Waals surface area contributed by atoms with Gasteiger partial charge in [0.15, 0.2) is 5.79 Å². The minimum atomic E-state index is -1.03. The van der Waals surface area contributed by atoms with Crippen molar-refractivity contribution < 1.29 is 14.9 Å². The van der Waals surface area contributed by atoms with E-state index in [0.29, 0.717) is 12.3 Å². The number of aliphatic hydroxyl groups is 2. The zero-order valence-corrected chi connectivity index (χ0v) is 8.66. The van der Waals surface area contributed by atoms with E-state index >= 15 is 0 Å². The predicted octanol–water partition coefficient (Wildman–Crippen LogP) is 1.14. The van der Waals surface area contributed by atoms with Crippen molar-refractivity contribution in [2.75, 3.05) is 6.61 Å². The molecule has 4 atom stereocenters. The zero-order chi connectivity index (χ0) is 10.1. The Morgan fingerprint density at radius 1 is 1.46 bits per heavy atom. The number of ether oxygens (including phenoxy) is 1. The maximum absolute atomic E-state index is 10.0. The van der Waals surface area contributed by atoms with Crippen molar-refractivity contribution in [3.63, 3.8) is 0 Å². The fourth-order valence-electron chi connectivity index (χ4n) is 2.04. The Balaban J connectivity index is 2.69. The first kappa shape index (κ1) is 11.0. The fraction of sp³-hybridized carbons (Fsp3) is 1.00. The highest BCUT2D eigenvalue weighted by atomic mass is 16.6. The Bertz CT molecular complexity index is 172. The molecule has 1 saturated heterocycles. The second-order valence-electron chi connectivity index (χ2n) is 4.15. The lowest BCUT2D eigenvalue weighted by atomic mass is 9.83. The molecular formula is C10H20O3. The van der Waals surface area contributed by atoms with Crippen molar-refractivity contribution in [1.82, 2.24) is 0 Å². The van der Waals surface area contributed by atoms with Gasteiger partial charge >= 0.3 is 0 Å². The van der Waals surface area contributed by atoms with Crippen molar-refractivity contribution in [1.29, 1.82) is 0 Å². The summed E-state index contributed by atoms with van der Waals surface area (Å²) < 4.78 is 5.50. The standard InChI is InChI=1S/C10H20O3/c1-4-10(12)8(3)5-7(2)9(6-11)13-10/h7-9,11-12H,4-6H2,1-3H3. The third kappa shape index (κ3) is 2.03. The third-order valence-corrected chi connectivity index (χ3v) is 3.17. The van der Waals surface area contributed by atoms with E-state index in [1.807, 2.05) is 20.8 Å². The molecule has 0 amide bonds. The SMILES string of the molecule is CCC1(O)OC(CO)C(C)CC1C. The highest BCUT2D eigenvalue weighted by Gasteiger charge is 2.42. The molecule has 0 aromatic rings. The molecule has 0 radical (unpaired) electrons. The van der Waals surface area contributed by atoms with Crippen molar-refractivity contribution >= 4 is 0 Å². The summed E-state index contributed by atoms with van der Waals surface area (Å²) in [6.07, 6.45) is 1.29. The van der Waals surface area contributed by atoms with Crippen LogP contribution in [0, 0.1) is 11.8 Å². The van der Waals surface area contributed by atoms with E-state index in [-0.39, 0.29) is 18.6 Å². The second kappa shape index (κ2) is 3.95. The summed E-state index contributed by atoms with van der Waals surface area (Å²) in [6, 6.07) is 0. The summed E-state index contributed by atoms with van der Waals surface area (Å²) >= 11 is 0. The van der Waals surface area contributed by atoms with E-state index in [0.717, 1.165) is 6.42 Å². The van der Waals surface area contributed by atoms with Crippen LogP contribution in [0.25, 0.3) is 0 Å². The lowest BCUT2D eigenvalue weighted by molar-refractivity contribution is -0.298. The molecule has 1 rings (SSSR count). The summed E-state index contributed by atoms with van der Waals surface area (Å²) in [5, 5.41) is 19.1. The normalized spacial score (nSPS) is 46.4. The molecule has 0 spiro atoms. The monoisotopic (exact) mass is 188 g/mol. The van der Waals surface area contributed by atoms with Gasteiger partial charge in [0.25, 0.3) is 0 Å². The molecule has 1 aliphatic heterocycles. The maximum atomic E-state index is 10.0. The largest absolute Gasteiger partial charge is 0.394 e. The minimum Gasteiger partial charge on any atom is -0.394 e. The van der Waals surface area contributed by atoms with Crippen LogP contribution < -0.4 is 0 Å². The van der Waals surface area contributed by atoms with Crippen LogP contribution in [0.4, 0.5) is 0 Å². The molecule has 3 heteroatoms. The van der Waals surface area contributed by atoms with Crippen LogP contribution in [0.3, 0.4) is 0 Å². The van der Waals surface area contributed by atoms with Gasteiger partial charge in [-0.3, -0.25) is 0 Å². The smallest absolute Gasteiger partial charge is 0.168 e. The Morgan fingerprint density at radius 2 is 2.08 bits per heavy atom. The Morgan fingerprint density at radius 3 is 2.54 bits per heavy atom. The topological polar surface area (TPSA) is 49.7 Å². The maximum Gasteiger partial charge on any atom is 0.168 e. The van der Waals surface area contributed by atoms with Crippen LogP contribution in [0.1, 0.15) is 33.6 Å². The first-order valence-corrected chi connectivity index (χ1v) is 5.04. The molecule has 2 N–H and O–H groups in total. The average Bonchev–Trinajstić information content (AvgIpc) is 2.11. The summed E-state index contributed by atoms with van der Waals surface area (Å²) in [6.45, 7) is 5.94. The molecule has 3 nitrogen and oxygen atoms in total.